The van der Waals surface area contributed by atoms with E-state index in [9.17, 15) is 18.1 Å². The summed E-state index contributed by atoms with van der Waals surface area (Å²) in [5.74, 6) is 0.0261. The van der Waals surface area contributed by atoms with Crippen molar-refractivity contribution in [1.82, 2.24) is 0 Å². The quantitative estimate of drug-likeness (QED) is 0.236. The zero-order valence-corrected chi connectivity index (χ0v) is 23.5. The first-order valence-electron chi connectivity index (χ1n) is 11.5. The number of unbranched alkanes of at least 4 members (excludes halogenated alkanes) is 10. The molecule has 2 aromatic rings. The van der Waals surface area contributed by atoms with Gasteiger partial charge in [-0.2, -0.15) is 8.42 Å². The molecule has 0 aliphatic heterocycles. The first kappa shape index (κ1) is 29.6. The van der Waals surface area contributed by atoms with Crippen molar-refractivity contribution in [2.45, 2.75) is 88.9 Å². The average Bonchev–Trinajstić information content (AvgIpc) is 2.73. The monoisotopic (exact) mass is 486 g/mol. The van der Waals surface area contributed by atoms with Crippen LogP contribution in [0.3, 0.4) is 0 Å². The molecular formula is C25H35KO5S. The molecule has 0 spiro atoms. The fraction of sp³-hybridized carbons (Fsp3) is 0.520. The molecule has 0 bridgehead atoms. The van der Waals surface area contributed by atoms with Crippen LogP contribution < -0.4 is 61.2 Å². The van der Waals surface area contributed by atoms with Crippen molar-refractivity contribution < 1.29 is 74.2 Å². The molecule has 0 heterocycles. The molecule has 0 aromatic heterocycles. The van der Waals surface area contributed by atoms with E-state index in [-0.39, 0.29) is 62.9 Å². The van der Waals surface area contributed by atoms with Crippen molar-refractivity contribution in [3.8, 4) is 17.2 Å². The maximum atomic E-state index is 12.4. The standard InChI is InChI=1S/C25H36O5S.K/c1-2-3-4-5-6-7-8-9-10-11-13-16-21-19-24(30-22-17-14-12-15-18-22)25(20-23(21)26)31(27,28)29;/h12,14-15,17-20,26H,2-11,13,16H2,1H3,(H,27,28,29);/q;+1/p-1. The van der Waals surface area contributed by atoms with Gasteiger partial charge < -0.3 is 9.84 Å². The van der Waals surface area contributed by atoms with Crippen LogP contribution in [-0.2, 0) is 16.5 Å². The summed E-state index contributed by atoms with van der Waals surface area (Å²) in [5.41, 5.74) is 0.509. The average molecular weight is 487 g/mol. The Morgan fingerprint density at radius 3 is 1.91 bits per heavy atom. The summed E-state index contributed by atoms with van der Waals surface area (Å²) in [6.07, 6.45) is 14.0. The molecule has 0 saturated carbocycles. The summed E-state index contributed by atoms with van der Waals surface area (Å²) in [6.45, 7) is 2.23. The van der Waals surface area contributed by atoms with Crippen molar-refractivity contribution in [1.29, 1.82) is 0 Å². The molecule has 7 heteroatoms. The van der Waals surface area contributed by atoms with Gasteiger partial charge in [0.15, 0.2) is 0 Å². The summed E-state index contributed by atoms with van der Waals surface area (Å²) < 4.78 is 38.6. The van der Waals surface area contributed by atoms with Gasteiger partial charge in [0.05, 0.1) is 0 Å². The fourth-order valence-corrected chi connectivity index (χ4v) is 4.27. The van der Waals surface area contributed by atoms with E-state index < -0.39 is 15.0 Å². The summed E-state index contributed by atoms with van der Waals surface area (Å²) in [6, 6.07) is 11.1. The van der Waals surface area contributed by atoms with Crippen LogP contribution in [0.4, 0.5) is 0 Å². The van der Waals surface area contributed by atoms with Crippen LogP contribution in [-0.4, -0.2) is 13.0 Å². The summed E-state index contributed by atoms with van der Waals surface area (Å²) in [4.78, 5) is -0.496. The molecule has 2 aromatic carbocycles. The van der Waals surface area contributed by atoms with Gasteiger partial charge in [0.2, 0.25) is 0 Å². The first-order chi connectivity index (χ1) is 14.9. The zero-order valence-electron chi connectivity index (χ0n) is 19.5. The third-order valence-electron chi connectivity index (χ3n) is 5.43. The third kappa shape index (κ3) is 11.1. The smallest absolute Gasteiger partial charge is 0.872 e. The topological polar surface area (TPSA) is 86.7 Å². The van der Waals surface area contributed by atoms with Crippen LogP contribution in [0.25, 0.3) is 0 Å². The predicted octanol–water partition coefficient (Wildman–Crippen LogP) is 3.66. The van der Waals surface area contributed by atoms with Gasteiger partial charge in [-0.15, -0.1) is 5.75 Å². The zero-order chi connectivity index (χ0) is 22.5. The molecule has 172 valence electrons. The molecule has 5 nitrogen and oxygen atoms in total. The van der Waals surface area contributed by atoms with E-state index in [2.05, 4.69) is 6.92 Å². The molecule has 0 amide bonds. The van der Waals surface area contributed by atoms with E-state index >= 15 is 0 Å². The van der Waals surface area contributed by atoms with Crippen LogP contribution in [0.2, 0.25) is 0 Å². The SMILES string of the molecule is CCCCCCCCCCCCCc1cc(Oc2ccccc2)c(S(=O)(=O)O)cc1[O-].[K+]. The summed E-state index contributed by atoms with van der Waals surface area (Å²) in [7, 11) is -4.56. The number of rotatable bonds is 15. The number of hydrogen-bond acceptors (Lipinski definition) is 4. The molecular weight excluding hydrogens is 451 g/mol. The van der Waals surface area contributed by atoms with Gasteiger partial charge in [-0.25, -0.2) is 0 Å². The normalized spacial score (nSPS) is 11.2. The van der Waals surface area contributed by atoms with Crippen LogP contribution in [0.5, 0.6) is 17.2 Å². The van der Waals surface area contributed by atoms with Crippen molar-refractivity contribution in [2.24, 2.45) is 0 Å². The Morgan fingerprint density at radius 2 is 1.38 bits per heavy atom. The van der Waals surface area contributed by atoms with E-state index in [1.54, 1.807) is 24.3 Å². The number of hydrogen-bond donors (Lipinski definition) is 1. The summed E-state index contributed by atoms with van der Waals surface area (Å²) >= 11 is 0. The van der Waals surface area contributed by atoms with Gasteiger partial charge in [-0.3, -0.25) is 4.55 Å². The van der Waals surface area contributed by atoms with Gasteiger partial charge in [0, 0.05) is 0 Å². The van der Waals surface area contributed by atoms with Crippen molar-refractivity contribution in [3.63, 3.8) is 0 Å². The maximum Gasteiger partial charge on any atom is 1.00 e. The van der Waals surface area contributed by atoms with Crippen LogP contribution in [0, 0.1) is 0 Å². The molecule has 0 saturated heterocycles. The second-order valence-corrected chi connectivity index (χ2v) is 9.47. The Kier molecular flexibility index (Phi) is 15.0. The van der Waals surface area contributed by atoms with E-state index in [1.165, 1.54) is 57.4 Å². The number of benzene rings is 2. The molecule has 2 rings (SSSR count). The van der Waals surface area contributed by atoms with Crippen molar-refractivity contribution >= 4 is 10.1 Å². The van der Waals surface area contributed by atoms with Gasteiger partial charge in [-0.05, 0) is 37.1 Å². The maximum absolute atomic E-state index is 12.4. The molecule has 0 atom stereocenters. The van der Waals surface area contributed by atoms with E-state index in [0.29, 0.717) is 17.7 Å². The number of ether oxygens (including phenoxy) is 1. The van der Waals surface area contributed by atoms with E-state index in [1.807, 2.05) is 6.07 Å². The minimum Gasteiger partial charge on any atom is -0.872 e. The predicted molar refractivity (Wildman–Crippen MR) is 122 cm³/mol. The van der Waals surface area contributed by atoms with Gasteiger partial charge in [-0.1, -0.05) is 94.9 Å². The molecule has 0 aliphatic carbocycles. The number of para-hydroxylation sites is 1. The molecule has 32 heavy (non-hydrogen) atoms. The Morgan fingerprint density at radius 1 is 0.844 bits per heavy atom. The minimum atomic E-state index is -4.56. The second kappa shape index (κ2) is 16.3. The van der Waals surface area contributed by atoms with E-state index in [0.717, 1.165) is 25.3 Å². The minimum absolute atomic E-state index is 0. The van der Waals surface area contributed by atoms with Crippen molar-refractivity contribution in [3.05, 3.63) is 48.0 Å². The fourth-order valence-electron chi connectivity index (χ4n) is 3.66. The first-order valence-corrected chi connectivity index (χ1v) is 12.9. The Hall–Kier alpha value is -0.414. The molecule has 0 fully saturated rings. The van der Waals surface area contributed by atoms with Crippen LogP contribution in [0.1, 0.15) is 83.1 Å². The third-order valence-corrected chi connectivity index (χ3v) is 6.30. The van der Waals surface area contributed by atoms with Crippen LogP contribution >= 0.6 is 0 Å². The Balaban J connectivity index is 0.00000512. The molecule has 0 unspecified atom stereocenters. The van der Waals surface area contributed by atoms with Crippen LogP contribution in [0.15, 0.2) is 47.4 Å². The molecule has 0 aliphatic rings. The second-order valence-electron chi connectivity index (χ2n) is 8.08. The Bertz CT molecular complexity index is 885. The number of aryl methyl sites for hydroxylation is 1. The van der Waals surface area contributed by atoms with Gasteiger partial charge in [0.25, 0.3) is 10.1 Å². The summed E-state index contributed by atoms with van der Waals surface area (Å²) in [5, 5.41) is 12.4. The Labute approximate surface area is 236 Å². The largest absolute Gasteiger partial charge is 1.00 e. The molecule has 1 N–H and O–H groups in total. The van der Waals surface area contributed by atoms with E-state index in [4.69, 9.17) is 4.74 Å². The van der Waals surface area contributed by atoms with Gasteiger partial charge >= 0.3 is 51.4 Å². The molecule has 0 radical (unpaired) electrons. The van der Waals surface area contributed by atoms with Gasteiger partial charge in [0.1, 0.15) is 16.4 Å². The van der Waals surface area contributed by atoms with Crippen molar-refractivity contribution in [2.75, 3.05) is 0 Å².